The molecule has 1 N–H and O–H groups in total. The molecule has 0 fully saturated rings. The number of aromatic nitrogens is 1. The van der Waals surface area contributed by atoms with Gasteiger partial charge in [0.2, 0.25) is 5.88 Å². The number of hydrogen-bond donors (Lipinski definition) is 1. The summed E-state index contributed by atoms with van der Waals surface area (Å²) in [5.41, 5.74) is 1.19. The van der Waals surface area contributed by atoms with E-state index in [2.05, 4.69) is 23.5 Å². The Hall–Kier alpha value is -0.740. The average Bonchev–Trinajstić information content (AvgIpc) is 2.34. The van der Waals surface area contributed by atoms with Crippen LogP contribution < -0.4 is 10.1 Å². The third kappa shape index (κ3) is 4.86. The van der Waals surface area contributed by atoms with Crippen LogP contribution in [0.2, 0.25) is 0 Å². The molecule has 1 aromatic heterocycles. The summed E-state index contributed by atoms with van der Waals surface area (Å²) in [4.78, 5) is 4.17. The van der Waals surface area contributed by atoms with E-state index in [1.807, 2.05) is 30.1 Å². The maximum absolute atomic E-state index is 5.01. The zero-order chi connectivity index (χ0) is 11.8. The van der Waals surface area contributed by atoms with Crippen molar-refractivity contribution in [3.05, 3.63) is 23.9 Å². The molecule has 1 rings (SSSR count). The summed E-state index contributed by atoms with van der Waals surface area (Å²) in [5.74, 6) is 1.87. The molecule has 0 bridgehead atoms. The van der Waals surface area contributed by atoms with E-state index in [0.717, 1.165) is 6.54 Å². The maximum atomic E-state index is 5.01. The normalized spacial score (nSPS) is 12.4. The second-order valence-electron chi connectivity index (χ2n) is 3.77. The van der Waals surface area contributed by atoms with Gasteiger partial charge in [-0.3, -0.25) is 0 Å². The predicted octanol–water partition coefficient (Wildman–Crippen LogP) is 2.32. The van der Waals surface area contributed by atoms with Crippen LogP contribution >= 0.6 is 11.8 Å². The lowest BCUT2D eigenvalue weighted by molar-refractivity contribution is 0.397. The van der Waals surface area contributed by atoms with E-state index in [4.69, 9.17) is 4.74 Å². The van der Waals surface area contributed by atoms with Crippen LogP contribution in [-0.2, 0) is 6.54 Å². The molecular weight excluding hydrogens is 220 g/mol. The summed E-state index contributed by atoms with van der Waals surface area (Å²) in [7, 11) is 1.63. The van der Waals surface area contributed by atoms with E-state index in [0.29, 0.717) is 11.9 Å². The Labute approximate surface area is 102 Å². The Morgan fingerprint density at radius 2 is 2.31 bits per heavy atom. The molecule has 0 radical (unpaired) electrons. The van der Waals surface area contributed by atoms with Gasteiger partial charge < -0.3 is 10.1 Å². The van der Waals surface area contributed by atoms with Crippen molar-refractivity contribution >= 4 is 11.8 Å². The van der Waals surface area contributed by atoms with Gasteiger partial charge in [-0.15, -0.1) is 0 Å². The summed E-state index contributed by atoms with van der Waals surface area (Å²) in [6, 6.07) is 4.48. The number of nitrogens with one attached hydrogen (secondary N) is 1. The Bertz CT molecular complexity index is 290. The van der Waals surface area contributed by atoms with Crippen LogP contribution in [0.1, 0.15) is 18.9 Å². The Kier molecular flexibility index (Phi) is 6.26. The summed E-state index contributed by atoms with van der Waals surface area (Å²) in [6.45, 7) is 3.08. The minimum Gasteiger partial charge on any atom is -0.481 e. The molecule has 0 aliphatic heterocycles. The summed E-state index contributed by atoms with van der Waals surface area (Å²) in [6.07, 6.45) is 5.19. The fraction of sp³-hybridized carbons (Fsp3) is 0.583. The first-order valence-corrected chi connectivity index (χ1v) is 6.87. The minimum atomic E-state index is 0.551. The molecule has 1 heterocycles. The lowest BCUT2D eigenvalue weighted by Gasteiger charge is -2.12. The van der Waals surface area contributed by atoms with Crippen molar-refractivity contribution in [2.24, 2.45) is 0 Å². The van der Waals surface area contributed by atoms with Gasteiger partial charge in [0.25, 0.3) is 0 Å². The van der Waals surface area contributed by atoms with E-state index >= 15 is 0 Å². The quantitative estimate of drug-likeness (QED) is 0.793. The fourth-order valence-electron chi connectivity index (χ4n) is 1.33. The monoisotopic (exact) mass is 240 g/mol. The molecule has 1 atom stereocenters. The van der Waals surface area contributed by atoms with Crippen LogP contribution in [0.15, 0.2) is 18.3 Å². The van der Waals surface area contributed by atoms with Crippen molar-refractivity contribution in [1.82, 2.24) is 10.3 Å². The van der Waals surface area contributed by atoms with Crippen LogP contribution in [0, 0.1) is 0 Å². The standard InChI is InChI=1S/C12H20N2OS/c1-10(6-7-16-3)13-8-11-4-5-12(15-2)14-9-11/h4-5,9-10,13H,6-8H2,1-3H3. The molecule has 0 saturated heterocycles. The van der Waals surface area contributed by atoms with Gasteiger partial charge in [0.05, 0.1) is 7.11 Å². The molecule has 0 aliphatic carbocycles. The lowest BCUT2D eigenvalue weighted by Crippen LogP contribution is -2.26. The van der Waals surface area contributed by atoms with Crippen molar-refractivity contribution in [3.63, 3.8) is 0 Å². The number of nitrogens with zero attached hydrogens (tertiary/aromatic N) is 1. The third-order valence-corrected chi connectivity index (χ3v) is 3.06. The number of ether oxygens (including phenoxy) is 1. The zero-order valence-electron chi connectivity index (χ0n) is 10.2. The second-order valence-corrected chi connectivity index (χ2v) is 4.76. The Balaban J connectivity index is 2.30. The summed E-state index contributed by atoms with van der Waals surface area (Å²) in [5, 5.41) is 3.48. The van der Waals surface area contributed by atoms with E-state index in [1.54, 1.807) is 7.11 Å². The number of rotatable bonds is 7. The van der Waals surface area contributed by atoms with Gasteiger partial charge in [-0.05, 0) is 30.9 Å². The average molecular weight is 240 g/mol. The van der Waals surface area contributed by atoms with Crippen molar-refractivity contribution in [2.45, 2.75) is 25.9 Å². The number of thioether (sulfide) groups is 1. The molecule has 1 unspecified atom stereocenters. The molecule has 90 valence electrons. The largest absolute Gasteiger partial charge is 0.481 e. The summed E-state index contributed by atoms with van der Waals surface area (Å²) < 4.78 is 5.01. The lowest BCUT2D eigenvalue weighted by atomic mass is 10.2. The highest BCUT2D eigenvalue weighted by Gasteiger charge is 2.01. The van der Waals surface area contributed by atoms with E-state index in [1.165, 1.54) is 17.7 Å². The molecular formula is C12H20N2OS. The van der Waals surface area contributed by atoms with Crippen LogP contribution in [0.4, 0.5) is 0 Å². The van der Waals surface area contributed by atoms with Gasteiger partial charge in [-0.2, -0.15) is 11.8 Å². The zero-order valence-corrected chi connectivity index (χ0v) is 11.0. The van der Waals surface area contributed by atoms with Crippen molar-refractivity contribution in [3.8, 4) is 5.88 Å². The van der Waals surface area contributed by atoms with Crippen molar-refractivity contribution < 1.29 is 4.74 Å². The Morgan fingerprint density at radius 1 is 1.50 bits per heavy atom. The van der Waals surface area contributed by atoms with Crippen molar-refractivity contribution in [1.29, 1.82) is 0 Å². The van der Waals surface area contributed by atoms with Gasteiger partial charge in [0.15, 0.2) is 0 Å². The van der Waals surface area contributed by atoms with E-state index in [9.17, 15) is 0 Å². The molecule has 0 aliphatic rings. The van der Waals surface area contributed by atoms with Crippen LogP contribution in [0.5, 0.6) is 5.88 Å². The first-order valence-electron chi connectivity index (χ1n) is 5.47. The topological polar surface area (TPSA) is 34.1 Å². The Morgan fingerprint density at radius 3 is 2.88 bits per heavy atom. The SMILES string of the molecule is COc1ccc(CNC(C)CCSC)cn1. The molecule has 0 spiro atoms. The molecule has 0 saturated carbocycles. The second kappa shape index (κ2) is 7.52. The smallest absolute Gasteiger partial charge is 0.212 e. The number of methoxy groups -OCH3 is 1. The van der Waals surface area contributed by atoms with Gasteiger partial charge in [-0.25, -0.2) is 4.98 Å². The first kappa shape index (κ1) is 13.3. The first-order chi connectivity index (χ1) is 7.76. The molecule has 0 amide bonds. The minimum absolute atomic E-state index is 0.551. The van der Waals surface area contributed by atoms with Crippen LogP contribution in [0.25, 0.3) is 0 Å². The van der Waals surface area contributed by atoms with Gasteiger partial charge in [0.1, 0.15) is 0 Å². The van der Waals surface area contributed by atoms with Gasteiger partial charge in [0, 0.05) is 24.8 Å². The molecule has 3 nitrogen and oxygen atoms in total. The predicted molar refractivity (Wildman–Crippen MR) is 70.1 cm³/mol. The van der Waals surface area contributed by atoms with Crippen molar-refractivity contribution in [2.75, 3.05) is 19.1 Å². The van der Waals surface area contributed by atoms with E-state index < -0.39 is 0 Å². The summed E-state index contributed by atoms with van der Waals surface area (Å²) >= 11 is 1.89. The number of hydrogen-bond acceptors (Lipinski definition) is 4. The molecule has 4 heteroatoms. The highest BCUT2D eigenvalue weighted by molar-refractivity contribution is 7.98. The molecule has 1 aromatic rings. The van der Waals surface area contributed by atoms with Crippen LogP contribution in [-0.4, -0.2) is 30.1 Å². The third-order valence-electron chi connectivity index (χ3n) is 2.42. The van der Waals surface area contributed by atoms with E-state index in [-0.39, 0.29) is 0 Å². The van der Waals surface area contributed by atoms with Crippen LogP contribution in [0.3, 0.4) is 0 Å². The molecule has 16 heavy (non-hydrogen) atoms. The molecule has 0 aromatic carbocycles. The highest BCUT2D eigenvalue weighted by atomic mass is 32.2. The number of pyridine rings is 1. The maximum Gasteiger partial charge on any atom is 0.212 e. The highest BCUT2D eigenvalue weighted by Crippen LogP contribution is 2.07. The fourth-order valence-corrected chi connectivity index (χ4v) is 1.91. The van der Waals surface area contributed by atoms with Gasteiger partial charge in [-0.1, -0.05) is 6.07 Å². The van der Waals surface area contributed by atoms with Gasteiger partial charge >= 0.3 is 0 Å².